The van der Waals surface area contributed by atoms with Gasteiger partial charge in [-0.3, -0.25) is 4.79 Å². The number of ether oxygens (including phenoxy) is 2. The summed E-state index contributed by atoms with van der Waals surface area (Å²) in [6.07, 6.45) is 6.43. The molecule has 2 aliphatic heterocycles. The first-order chi connectivity index (χ1) is 6.34. The van der Waals surface area contributed by atoms with Crippen molar-refractivity contribution in [3.05, 3.63) is 0 Å². The van der Waals surface area contributed by atoms with E-state index in [1.54, 1.807) is 0 Å². The second-order valence-electron chi connectivity index (χ2n) is 3.87. The minimum atomic E-state index is -0.0409. The van der Waals surface area contributed by atoms with Crippen LogP contribution in [0, 0.1) is 0 Å². The van der Waals surface area contributed by atoms with Crippen LogP contribution in [0.1, 0.15) is 38.5 Å². The molecule has 2 atom stereocenters. The van der Waals surface area contributed by atoms with Gasteiger partial charge in [0, 0.05) is 19.4 Å². The van der Waals surface area contributed by atoms with Crippen molar-refractivity contribution >= 4 is 5.97 Å². The van der Waals surface area contributed by atoms with Crippen LogP contribution >= 0.6 is 0 Å². The van der Waals surface area contributed by atoms with Crippen LogP contribution in [0.2, 0.25) is 0 Å². The number of carbonyl (C=O) groups is 1. The van der Waals surface area contributed by atoms with Gasteiger partial charge in [0.15, 0.2) is 0 Å². The topological polar surface area (TPSA) is 35.5 Å². The summed E-state index contributed by atoms with van der Waals surface area (Å²) in [5.41, 5.74) is 0. The lowest BCUT2D eigenvalue weighted by molar-refractivity contribution is -0.142. The highest BCUT2D eigenvalue weighted by atomic mass is 16.6. The van der Waals surface area contributed by atoms with Crippen molar-refractivity contribution in [3.8, 4) is 0 Å². The Labute approximate surface area is 78.4 Å². The van der Waals surface area contributed by atoms with E-state index in [1.807, 2.05) is 0 Å². The third-order valence-electron chi connectivity index (χ3n) is 2.77. The van der Waals surface area contributed by atoms with Gasteiger partial charge in [-0.2, -0.15) is 0 Å². The standard InChI is InChI=1S/C10H16O3/c11-10-5-4-9(13-10)7-8-3-1-2-6-12-8/h8-9H,1-7H2. The van der Waals surface area contributed by atoms with Gasteiger partial charge in [0.2, 0.25) is 0 Å². The molecule has 0 aliphatic carbocycles. The molecule has 2 saturated heterocycles. The SMILES string of the molecule is O=C1CCC(CC2CCCCO2)O1. The van der Waals surface area contributed by atoms with Crippen LogP contribution in [0.25, 0.3) is 0 Å². The Hall–Kier alpha value is -0.570. The first kappa shape index (κ1) is 9.00. The molecular formula is C10H16O3. The van der Waals surface area contributed by atoms with Gasteiger partial charge in [-0.1, -0.05) is 0 Å². The van der Waals surface area contributed by atoms with E-state index in [-0.39, 0.29) is 12.1 Å². The summed E-state index contributed by atoms with van der Waals surface area (Å²) in [5, 5.41) is 0. The molecule has 0 bridgehead atoms. The Morgan fingerprint density at radius 3 is 2.77 bits per heavy atom. The van der Waals surface area contributed by atoms with Crippen molar-refractivity contribution in [2.45, 2.75) is 50.7 Å². The maximum Gasteiger partial charge on any atom is 0.306 e. The van der Waals surface area contributed by atoms with Gasteiger partial charge in [-0.05, 0) is 25.7 Å². The van der Waals surface area contributed by atoms with Gasteiger partial charge in [0.05, 0.1) is 6.10 Å². The highest BCUT2D eigenvalue weighted by Gasteiger charge is 2.27. The predicted molar refractivity (Wildman–Crippen MR) is 47.3 cm³/mol. The highest BCUT2D eigenvalue weighted by molar-refractivity contribution is 5.71. The van der Waals surface area contributed by atoms with Crippen molar-refractivity contribution < 1.29 is 14.3 Å². The van der Waals surface area contributed by atoms with Crippen LogP contribution in [0.15, 0.2) is 0 Å². The quantitative estimate of drug-likeness (QED) is 0.612. The van der Waals surface area contributed by atoms with Crippen LogP contribution in [-0.2, 0) is 14.3 Å². The molecule has 0 aromatic rings. The second-order valence-corrected chi connectivity index (χ2v) is 3.87. The zero-order chi connectivity index (χ0) is 9.10. The Bertz CT molecular complexity index is 185. The second kappa shape index (κ2) is 4.09. The van der Waals surface area contributed by atoms with E-state index in [0.29, 0.717) is 12.5 Å². The number of hydrogen-bond acceptors (Lipinski definition) is 3. The average Bonchev–Trinajstić information content (AvgIpc) is 2.53. The van der Waals surface area contributed by atoms with Crippen LogP contribution in [0.4, 0.5) is 0 Å². The Morgan fingerprint density at radius 1 is 1.23 bits per heavy atom. The molecule has 0 aromatic carbocycles. The minimum Gasteiger partial charge on any atom is -0.462 e. The lowest BCUT2D eigenvalue weighted by Gasteiger charge is -2.24. The first-order valence-corrected chi connectivity index (χ1v) is 5.15. The molecule has 0 N–H and O–H groups in total. The van der Waals surface area contributed by atoms with E-state index in [2.05, 4.69) is 0 Å². The van der Waals surface area contributed by atoms with E-state index in [9.17, 15) is 4.79 Å². The summed E-state index contributed by atoms with van der Waals surface area (Å²) < 4.78 is 10.7. The molecule has 2 rings (SSSR count). The average molecular weight is 184 g/mol. The fourth-order valence-electron chi connectivity index (χ4n) is 2.04. The van der Waals surface area contributed by atoms with Crippen molar-refractivity contribution in [3.63, 3.8) is 0 Å². The molecule has 0 amide bonds. The van der Waals surface area contributed by atoms with Crippen LogP contribution in [0.3, 0.4) is 0 Å². The van der Waals surface area contributed by atoms with Gasteiger partial charge in [0.1, 0.15) is 6.10 Å². The zero-order valence-corrected chi connectivity index (χ0v) is 7.83. The van der Waals surface area contributed by atoms with E-state index < -0.39 is 0 Å². The molecule has 3 nitrogen and oxygen atoms in total. The van der Waals surface area contributed by atoms with Gasteiger partial charge < -0.3 is 9.47 Å². The largest absolute Gasteiger partial charge is 0.462 e. The van der Waals surface area contributed by atoms with Crippen LogP contribution in [-0.4, -0.2) is 24.8 Å². The summed E-state index contributed by atoms with van der Waals surface area (Å²) in [6.45, 7) is 0.880. The molecule has 2 fully saturated rings. The van der Waals surface area contributed by atoms with E-state index >= 15 is 0 Å². The number of carbonyl (C=O) groups excluding carboxylic acids is 1. The fourth-order valence-corrected chi connectivity index (χ4v) is 2.04. The number of hydrogen-bond donors (Lipinski definition) is 0. The van der Waals surface area contributed by atoms with Gasteiger partial charge in [-0.15, -0.1) is 0 Å². The molecule has 0 spiro atoms. The molecule has 0 radical (unpaired) electrons. The van der Waals surface area contributed by atoms with Gasteiger partial charge in [-0.25, -0.2) is 0 Å². The smallest absolute Gasteiger partial charge is 0.306 e. The summed E-state index contributed by atoms with van der Waals surface area (Å²) in [5.74, 6) is -0.0409. The molecule has 3 heteroatoms. The maximum atomic E-state index is 10.8. The van der Waals surface area contributed by atoms with E-state index in [0.717, 1.165) is 25.9 Å². The Kier molecular flexibility index (Phi) is 2.83. The van der Waals surface area contributed by atoms with Gasteiger partial charge >= 0.3 is 5.97 Å². The predicted octanol–water partition coefficient (Wildman–Crippen LogP) is 1.65. The molecule has 0 aromatic heterocycles. The number of esters is 1. The zero-order valence-electron chi connectivity index (χ0n) is 7.83. The van der Waals surface area contributed by atoms with Crippen molar-refractivity contribution in [2.75, 3.05) is 6.61 Å². The van der Waals surface area contributed by atoms with E-state index in [1.165, 1.54) is 12.8 Å². The Morgan fingerprint density at radius 2 is 2.15 bits per heavy atom. The monoisotopic (exact) mass is 184 g/mol. The molecular weight excluding hydrogens is 168 g/mol. The number of cyclic esters (lactones) is 1. The first-order valence-electron chi connectivity index (χ1n) is 5.15. The summed E-state index contributed by atoms with van der Waals surface area (Å²) in [6, 6.07) is 0. The maximum absolute atomic E-state index is 10.8. The molecule has 13 heavy (non-hydrogen) atoms. The lowest BCUT2D eigenvalue weighted by Crippen LogP contribution is -2.24. The highest BCUT2D eigenvalue weighted by Crippen LogP contribution is 2.23. The molecule has 2 aliphatic rings. The normalized spacial score (nSPS) is 34.6. The lowest BCUT2D eigenvalue weighted by atomic mass is 10.0. The molecule has 74 valence electrons. The van der Waals surface area contributed by atoms with Crippen LogP contribution in [0.5, 0.6) is 0 Å². The van der Waals surface area contributed by atoms with E-state index in [4.69, 9.17) is 9.47 Å². The van der Waals surface area contributed by atoms with Crippen molar-refractivity contribution in [2.24, 2.45) is 0 Å². The summed E-state index contributed by atoms with van der Waals surface area (Å²) >= 11 is 0. The third kappa shape index (κ3) is 2.44. The summed E-state index contributed by atoms with van der Waals surface area (Å²) in [7, 11) is 0. The molecule has 0 saturated carbocycles. The summed E-state index contributed by atoms with van der Waals surface area (Å²) in [4.78, 5) is 10.8. The molecule has 2 unspecified atom stereocenters. The fraction of sp³-hybridized carbons (Fsp3) is 0.900. The third-order valence-corrected chi connectivity index (χ3v) is 2.77. The Balaban J connectivity index is 1.73. The van der Waals surface area contributed by atoms with Crippen molar-refractivity contribution in [1.82, 2.24) is 0 Å². The van der Waals surface area contributed by atoms with Crippen LogP contribution < -0.4 is 0 Å². The van der Waals surface area contributed by atoms with Crippen molar-refractivity contribution in [1.29, 1.82) is 0 Å². The van der Waals surface area contributed by atoms with Gasteiger partial charge in [0.25, 0.3) is 0 Å². The number of rotatable bonds is 2. The minimum absolute atomic E-state index is 0.0409. The molecule has 2 heterocycles.